The Morgan fingerprint density at radius 1 is 1.53 bits per heavy atom. The minimum Gasteiger partial charge on any atom is -0.508 e. The minimum absolute atomic E-state index is 0.146. The number of aryl methyl sites for hydroxylation is 1. The van der Waals surface area contributed by atoms with Crippen LogP contribution in [0.1, 0.15) is 25.8 Å². The van der Waals surface area contributed by atoms with Crippen LogP contribution >= 0.6 is 0 Å². The molecule has 0 saturated heterocycles. The number of phenolic OH excluding ortho intramolecular Hbond substituents is 1. The van der Waals surface area contributed by atoms with E-state index in [1.807, 2.05) is 20.8 Å². The van der Waals surface area contributed by atoms with E-state index in [0.29, 0.717) is 5.69 Å². The van der Waals surface area contributed by atoms with Gasteiger partial charge in [-0.3, -0.25) is 4.79 Å². The highest BCUT2D eigenvalue weighted by molar-refractivity contribution is 5.95. The number of aromatic hydroxyl groups is 1. The van der Waals surface area contributed by atoms with Crippen molar-refractivity contribution in [3.05, 3.63) is 23.8 Å². The molecule has 1 aromatic rings. The minimum atomic E-state index is -0.506. The van der Waals surface area contributed by atoms with Crippen molar-refractivity contribution in [3.8, 4) is 5.75 Å². The summed E-state index contributed by atoms with van der Waals surface area (Å²) in [5, 5.41) is 12.0. The molecule has 4 N–H and O–H groups in total. The van der Waals surface area contributed by atoms with Gasteiger partial charge in [0.2, 0.25) is 5.91 Å². The first-order chi connectivity index (χ1) is 7.95. The van der Waals surface area contributed by atoms with E-state index in [9.17, 15) is 9.90 Å². The van der Waals surface area contributed by atoms with Gasteiger partial charge in [-0.15, -0.1) is 0 Å². The Morgan fingerprint density at radius 3 is 2.71 bits per heavy atom. The van der Waals surface area contributed by atoms with E-state index < -0.39 is 6.04 Å². The second-order valence-electron chi connectivity index (χ2n) is 4.40. The van der Waals surface area contributed by atoms with Crippen molar-refractivity contribution >= 4 is 11.6 Å². The summed E-state index contributed by atoms with van der Waals surface area (Å²) in [5.74, 6) is 0.146. The second-order valence-corrected chi connectivity index (χ2v) is 4.40. The van der Waals surface area contributed by atoms with Gasteiger partial charge in [-0.2, -0.15) is 0 Å². The van der Waals surface area contributed by atoms with Crippen LogP contribution in [-0.4, -0.2) is 17.1 Å². The van der Waals surface area contributed by atoms with Gasteiger partial charge in [0.1, 0.15) is 5.75 Å². The molecule has 1 amide bonds. The molecular formula is C13H20N2O2. The third-order valence-corrected chi connectivity index (χ3v) is 3.03. The van der Waals surface area contributed by atoms with Crippen LogP contribution in [0.5, 0.6) is 5.75 Å². The maximum absolute atomic E-state index is 11.9. The third-order valence-electron chi connectivity index (χ3n) is 3.03. The normalized spacial score (nSPS) is 14.1. The van der Waals surface area contributed by atoms with Crippen LogP contribution < -0.4 is 11.1 Å². The number of carbonyl (C=O) groups is 1. The Labute approximate surface area is 102 Å². The molecule has 1 rings (SSSR count). The molecule has 0 aliphatic heterocycles. The first-order valence-corrected chi connectivity index (χ1v) is 5.81. The van der Waals surface area contributed by atoms with E-state index in [4.69, 9.17) is 5.73 Å². The molecule has 2 atom stereocenters. The zero-order chi connectivity index (χ0) is 13.0. The largest absolute Gasteiger partial charge is 0.508 e. The monoisotopic (exact) mass is 236 g/mol. The Hall–Kier alpha value is -1.55. The molecule has 4 heteroatoms. The van der Waals surface area contributed by atoms with Crippen molar-refractivity contribution in [2.45, 2.75) is 33.2 Å². The molecule has 0 fully saturated rings. The number of rotatable bonds is 4. The lowest BCUT2D eigenvalue weighted by molar-refractivity contribution is -0.118. The molecule has 0 bridgehead atoms. The van der Waals surface area contributed by atoms with Gasteiger partial charge >= 0.3 is 0 Å². The van der Waals surface area contributed by atoms with Crippen LogP contribution in [0.15, 0.2) is 18.2 Å². The van der Waals surface area contributed by atoms with Gasteiger partial charge in [0, 0.05) is 5.69 Å². The molecule has 94 valence electrons. The predicted octanol–water partition coefficient (Wildman–Crippen LogP) is 2.01. The van der Waals surface area contributed by atoms with Crippen LogP contribution in [0.4, 0.5) is 5.69 Å². The summed E-state index contributed by atoms with van der Waals surface area (Å²) in [6.07, 6.45) is 0.864. The van der Waals surface area contributed by atoms with Crippen LogP contribution in [0.3, 0.4) is 0 Å². The highest BCUT2D eigenvalue weighted by Crippen LogP contribution is 2.20. The lowest BCUT2D eigenvalue weighted by atomic mass is 9.99. The number of nitrogens with two attached hydrogens (primary N) is 1. The van der Waals surface area contributed by atoms with E-state index in [-0.39, 0.29) is 17.6 Å². The summed E-state index contributed by atoms with van der Waals surface area (Å²) < 4.78 is 0. The molecular weight excluding hydrogens is 216 g/mol. The molecule has 0 radical (unpaired) electrons. The molecule has 1 aromatic carbocycles. The van der Waals surface area contributed by atoms with Gasteiger partial charge in [0.15, 0.2) is 0 Å². The lowest BCUT2D eigenvalue weighted by Gasteiger charge is -2.18. The SMILES string of the molecule is CC[C@H](C)[C@H](N)C(=O)Nc1ccc(O)cc1C. The fourth-order valence-electron chi connectivity index (χ4n) is 1.52. The summed E-state index contributed by atoms with van der Waals surface area (Å²) in [6.45, 7) is 5.78. The molecule has 17 heavy (non-hydrogen) atoms. The maximum atomic E-state index is 11.9. The first-order valence-electron chi connectivity index (χ1n) is 5.81. The van der Waals surface area contributed by atoms with Gasteiger partial charge in [-0.1, -0.05) is 20.3 Å². The third kappa shape index (κ3) is 3.46. The molecule has 0 unspecified atom stereocenters. The lowest BCUT2D eigenvalue weighted by Crippen LogP contribution is -2.40. The van der Waals surface area contributed by atoms with Crippen molar-refractivity contribution in [1.82, 2.24) is 0 Å². The number of nitrogens with one attached hydrogen (secondary N) is 1. The highest BCUT2D eigenvalue weighted by Gasteiger charge is 2.19. The van der Waals surface area contributed by atoms with Crippen molar-refractivity contribution in [2.24, 2.45) is 11.7 Å². The summed E-state index contributed by atoms with van der Waals surface area (Å²) in [7, 11) is 0. The quantitative estimate of drug-likeness (QED) is 0.700. The zero-order valence-electron chi connectivity index (χ0n) is 10.5. The Kier molecular flexibility index (Phi) is 4.52. The highest BCUT2D eigenvalue weighted by atomic mass is 16.3. The van der Waals surface area contributed by atoms with E-state index >= 15 is 0 Å². The Bertz CT molecular complexity index is 404. The number of hydrogen-bond acceptors (Lipinski definition) is 3. The number of benzene rings is 1. The van der Waals surface area contributed by atoms with Gasteiger partial charge in [0.05, 0.1) is 6.04 Å². The summed E-state index contributed by atoms with van der Waals surface area (Å²) >= 11 is 0. The van der Waals surface area contributed by atoms with Crippen LogP contribution in [0, 0.1) is 12.8 Å². The van der Waals surface area contributed by atoms with Crippen LogP contribution in [0.25, 0.3) is 0 Å². The van der Waals surface area contributed by atoms with E-state index in [0.717, 1.165) is 12.0 Å². The van der Waals surface area contributed by atoms with E-state index in [1.165, 1.54) is 6.07 Å². The number of amides is 1. The molecule has 4 nitrogen and oxygen atoms in total. The molecule has 0 spiro atoms. The number of hydrogen-bond donors (Lipinski definition) is 3. The Balaban J connectivity index is 2.74. The number of anilines is 1. The molecule has 0 saturated carbocycles. The van der Waals surface area contributed by atoms with Gasteiger partial charge in [-0.05, 0) is 36.6 Å². The molecule has 0 aliphatic rings. The van der Waals surface area contributed by atoms with Crippen molar-refractivity contribution in [1.29, 1.82) is 0 Å². The number of carbonyl (C=O) groups excluding carboxylic acids is 1. The Morgan fingerprint density at radius 2 is 2.18 bits per heavy atom. The average molecular weight is 236 g/mol. The molecule has 0 aromatic heterocycles. The maximum Gasteiger partial charge on any atom is 0.241 e. The van der Waals surface area contributed by atoms with Gasteiger partial charge in [0.25, 0.3) is 0 Å². The van der Waals surface area contributed by atoms with Gasteiger partial charge in [-0.25, -0.2) is 0 Å². The average Bonchev–Trinajstić information content (AvgIpc) is 2.30. The first kappa shape index (κ1) is 13.5. The second kappa shape index (κ2) is 5.68. The topological polar surface area (TPSA) is 75.4 Å². The standard InChI is InChI=1S/C13H20N2O2/c1-4-8(2)12(14)13(17)15-11-6-5-10(16)7-9(11)3/h5-8,12,16H,4,14H2,1-3H3,(H,15,17)/t8-,12-/m0/s1. The predicted molar refractivity (Wildman–Crippen MR) is 68.9 cm³/mol. The molecule has 0 aliphatic carbocycles. The van der Waals surface area contributed by atoms with Gasteiger partial charge < -0.3 is 16.2 Å². The van der Waals surface area contributed by atoms with E-state index in [2.05, 4.69) is 5.32 Å². The summed E-state index contributed by atoms with van der Waals surface area (Å²) in [6, 6.07) is 4.31. The zero-order valence-corrected chi connectivity index (χ0v) is 10.5. The fraction of sp³-hybridized carbons (Fsp3) is 0.462. The van der Waals surface area contributed by atoms with Crippen LogP contribution in [-0.2, 0) is 4.79 Å². The fourth-order valence-corrected chi connectivity index (χ4v) is 1.52. The summed E-state index contributed by atoms with van der Waals surface area (Å²) in [5.41, 5.74) is 7.34. The smallest absolute Gasteiger partial charge is 0.241 e. The summed E-state index contributed by atoms with van der Waals surface area (Å²) in [4.78, 5) is 11.9. The van der Waals surface area contributed by atoms with Crippen LogP contribution in [0.2, 0.25) is 0 Å². The van der Waals surface area contributed by atoms with E-state index in [1.54, 1.807) is 12.1 Å². The van der Waals surface area contributed by atoms with Crippen molar-refractivity contribution in [2.75, 3.05) is 5.32 Å². The van der Waals surface area contributed by atoms with Crippen molar-refractivity contribution < 1.29 is 9.90 Å². The number of phenols is 1. The molecule has 0 heterocycles. The van der Waals surface area contributed by atoms with Crippen molar-refractivity contribution in [3.63, 3.8) is 0 Å².